The van der Waals surface area contributed by atoms with Gasteiger partial charge in [0.15, 0.2) is 0 Å². The van der Waals surface area contributed by atoms with Crippen molar-refractivity contribution in [1.29, 1.82) is 0 Å². The third kappa shape index (κ3) is 3.62. The number of aryl methyl sites for hydroxylation is 2. The minimum absolute atomic E-state index is 0.0419. The van der Waals surface area contributed by atoms with Crippen molar-refractivity contribution < 1.29 is 4.79 Å². The van der Waals surface area contributed by atoms with Crippen molar-refractivity contribution in [3.63, 3.8) is 0 Å². The molecule has 1 N–H and O–H groups in total. The van der Waals surface area contributed by atoms with E-state index in [9.17, 15) is 4.79 Å². The van der Waals surface area contributed by atoms with Crippen molar-refractivity contribution in [1.82, 2.24) is 9.88 Å². The van der Waals surface area contributed by atoms with Gasteiger partial charge in [-0.1, -0.05) is 36.4 Å². The lowest BCUT2D eigenvalue weighted by Gasteiger charge is -2.14. The predicted octanol–water partition coefficient (Wildman–Crippen LogP) is 3.99. The van der Waals surface area contributed by atoms with E-state index in [-0.39, 0.29) is 11.9 Å². The molecule has 3 aromatic rings. The van der Waals surface area contributed by atoms with Crippen LogP contribution in [0.15, 0.2) is 60.8 Å². The van der Waals surface area contributed by atoms with Gasteiger partial charge in [0, 0.05) is 25.2 Å². The van der Waals surface area contributed by atoms with Crippen LogP contribution in [0.3, 0.4) is 0 Å². The van der Waals surface area contributed by atoms with Gasteiger partial charge in [-0.15, -0.1) is 0 Å². The molecular weight excluding hydrogens is 284 g/mol. The summed E-state index contributed by atoms with van der Waals surface area (Å²) in [6.45, 7) is 2.02. The van der Waals surface area contributed by atoms with E-state index in [4.69, 9.17) is 0 Å². The van der Waals surface area contributed by atoms with Gasteiger partial charge < -0.3 is 9.88 Å². The Morgan fingerprint density at radius 2 is 1.91 bits per heavy atom. The molecule has 0 fully saturated rings. The molecule has 0 spiro atoms. The highest BCUT2D eigenvalue weighted by atomic mass is 16.1. The monoisotopic (exact) mass is 306 g/mol. The lowest BCUT2D eigenvalue weighted by Crippen LogP contribution is -2.26. The fourth-order valence-electron chi connectivity index (χ4n) is 2.88. The lowest BCUT2D eigenvalue weighted by atomic mass is 10.1. The highest BCUT2D eigenvalue weighted by molar-refractivity contribution is 5.81. The van der Waals surface area contributed by atoms with Gasteiger partial charge in [0.1, 0.15) is 0 Å². The van der Waals surface area contributed by atoms with Gasteiger partial charge in [0.05, 0.1) is 6.04 Å². The highest BCUT2D eigenvalue weighted by Gasteiger charge is 2.09. The second-order valence-corrected chi connectivity index (χ2v) is 6.02. The molecule has 3 rings (SSSR count). The third-order valence-corrected chi connectivity index (χ3v) is 4.27. The number of amides is 1. The van der Waals surface area contributed by atoms with Crippen molar-refractivity contribution in [2.45, 2.75) is 25.8 Å². The molecule has 1 amide bonds. The van der Waals surface area contributed by atoms with Crippen molar-refractivity contribution in [2.75, 3.05) is 0 Å². The van der Waals surface area contributed by atoms with Crippen LogP contribution in [0.4, 0.5) is 0 Å². The molecule has 23 heavy (non-hydrogen) atoms. The maximum Gasteiger partial charge on any atom is 0.220 e. The number of nitrogens with zero attached hydrogens (tertiary/aromatic N) is 1. The quantitative estimate of drug-likeness (QED) is 0.760. The average molecular weight is 306 g/mol. The zero-order chi connectivity index (χ0) is 16.2. The second kappa shape index (κ2) is 6.69. The van der Waals surface area contributed by atoms with Gasteiger partial charge in [0.25, 0.3) is 0 Å². The van der Waals surface area contributed by atoms with Crippen LogP contribution < -0.4 is 5.32 Å². The summed E-state index contributed by atoms with van der Waals surface area (Å²) < 4.78 is 2.10. The van der Waals surface area contributed by atoms with Gasteiger partial charge in [-0.2, -0.15) is 0 Å². The Balaban J connectivity index is 1.57. The van der Waals surface area contributed by atoms with E-state index in [2.05, 4.69) is 40.3 Å². The molecule has 1 heterocycles. The van der Waals surface area contributed by atoms with E-state index < -0.39 is 0 Å². The zero-order valence-electron chi connectivity index (χ0n) is 13.6. The summed E-state index contributed by atoms with van der Waals surface area (Å²) in [5.41, 5.74) is 3.55. The van der Waals surface area contributed by atoms with Crippen molar-refractivity contribution in [3.05, 3.63) is 71.9 Å². The van der Waals surface area contributed by atoms with Gasteiger partial charge in [-0.25, -0.2) is 0 Å². The summed E-state index contributed by atoms with van der Waals surface area (Å²) in [7, 11) is 2.04. The Morgan fingerprint density at radius 3 is 2.70 bits per heavy atom. The number of hydrogen-bond donors (Lipinski definition) is 1. The molecule has 0 saturated carbocycles. The molecule has 0 aliphatic rings. The van der Waals surface area contributed by atoms with Crippen molar-refractivity contribution in [2.24, 2.45) is 7.05 Å². The van der Waals surface area contributed by atoms with Gasteiger partial charge in [-0.3, -0.25) is 4.79 Å². The van der Waals surface area contributed by atoms with Crippen LogP contribution in [0.25, 0.3) is 10.9 Å². The predicted molar refractivity (Wildman–Crippen MR) is 94.2 cm³/mol. The van der Waals surface area contributed by atoms with Gasteiger partial charge in [0.2, 0.25) is 5.91 Å². The fourth-order valence-corrected chi connectivity index (χ4v) is 2.88. The Kier molecular flexibility index (Phi) is 4.47. The van der Waals surface area contributed by atoms with Crippen molar-refractivity contribution >= 4 is 16.8 Å². The minimum Gasteiger partial charge on any atom is -0.351 e. The fraction of sp³-hybridized carbons (Fsp3) is 0.250. The molecule has 0 aliphatic heterocycles. The first-order valence-electron chi connectivity index (χ1n) is 8.02. The third-order valence-electron chi connectivity index (χ3n) is 4.27. The number of benzene rings is 2. The van der Waals surface area contributed by atoms with E-state index in [1.165, 1.54) is 16.5 Å². The molecule has 0 bridgehead atoms. The Morgan fingerprint density at radius 1 is 1.13 bits per heavy atom. The molecule has 0 saturated heterocycles. The molecule has 3 heteroatoms. The van der Waals surface area contributed by atoms with E-state index >= 15 is 0 Å². The van der Waals surface area contributed by atoms with Crippen LogP contribution in [0.2, 0.25) is 0 Å². The summed E-state index contributed by atoms with van der Waals surface area (Å²) >= 11 is 0. The summed E-state index contributed by atoms with van der Waals surface area (Å²) in [5, 5.41) is 4.29. The first-order valence-corrected chi connectivity index (χ1v) is 8.02. The topological polar surface area (TPSA) is 34.0 Å². The van der Waals surface area contributed by atoms with Crippen LogP contribution in [-0.2, 0) is 18.3 Å². The molecule has 118 valence electrons. The standard InChI is InChI=1S/C20H22N2O/c1-15(17-6-4-3-5-7-17)21-20(23)11-9-16-8-10-19-18(14-16)12-13-22(19)2/h3-8,10,12-15H,9,11H2,1-2H3,(H,21,23)/t15-/m0/s1. The maximum atomic E-state index is 12.2. The van der Waals surface area contributed by atoms with Crippen LogP contribution in [0.5, 0.6) is 0 Å². The minimum atomic E-state index is 0.0419. The normalized spacial score (nSPS) is 12.3. The Bertz CT molecular complexity index is 805. The molecule has 1 atom stereocenters. The molecule has 0 unspecified atom stereocenters. The number of nitrogens with one attached hydrogen (secondary N) is 1. The highest BCUT2D eigenvalue weighted by Crippen LogP contribution is 2.18. The summed E-state index contributed by atoms with van der Waals surface area (Å²) in [5.74, 6) is 0.0921. The van der Waals surface area contributed by atoms with Crippen LogP contribution in [-0.4, -0.2) is 10.5 Å². The summed E-state index contributed by atoms with van der Waals surface area (Å²) in [4.78, 5) is 12.2. The smallest absolute Gasteiger partial charge is 0.220 e. The molecule has 0 radical (unpaired) electrons. The van der Waals surface area contributed by atoms with E-state index in [0.717, 1.165) is 12.0 Å². The largest absolute Gasteiger partial charge is 0.351 e. The van der Waals surface area contributed by atoms with Crippen molar-refractivity contribution in [3.8, 4) is 0 Å². The first-order chi connectivity index (χ1) is 11.1. The Labute approximate surface area is 136 Å². The number of carbonyl (C=O) groups is 1. The van der Waals surface area contributed by atoms with Gasteiger partial charge >= 0.3 is 0 Å². The lowest BCUT2D eigenvalue weighted by molar-refractivity contribution is -0.121. The summed E-state index contributed by atoms with van der Waals surface area (Å²) in [6, 6.07) is 18.6. The number of rotatable bonds is 5. The SMILES string of the molecule is C[C@H](NC(=O)CCc1ccc2c(ccn2C)c1)c1ccccc1. The van der Waals surface area contributed by atoms with Gasteiger partial charge in [-0.05, 0) is 48.1 Å². The Hall–Kier alpha value is -2.55. The van der Waals surface area contributed by atoms with E-state index in [0.29, 0.717) is 6.42 Å². The number of hydrogen-bond acceptors (Lipinski definition) is 1. The second-order valence-electron chi connectivity index (χ2n) is 6.02. The van der Waals surface area contributed by atoms with E-state index in [1.807, 2.05) is 44.3 Å². The number of fused-ring (bicyclic) bond motifs is 1. The molecule has 3 nitrogen and oxygen atoms in total. The molecule has 0 aliphatic carbocycles. The van der Waals surface area contributed by atoms with Crippen LogP contribution in [0.1, 0.15) is 30.5 Å². The number of carbonyl (C=O) groups excluding carboxylic acids is 1. The average Bonchev–Trinajstić information content (AvgIpc) is 2.94. The zero-order valence-corrected chi connectivity index (χ0v) is 13.6. The first kappa shape index (κ1) is 15.3. The maximum absolute atomic E-state index is 12.2. The van der Waals surface area contributed by atoms with Crippen LogP contribution >= 0.6 is 0 Å². The summed E-state index contributed by atoms with van der Waals surface area (Å²) in [6.07, 6.45) is 3.33. The number of aromatic nitrogens is 1. The molecular formula is C20H22N2O. The van der Waals surface area contributed by atoms with E-state index in [1.54, 1.807) is 0 Å². The molecule has 2 aromatic carbocycles. The molecule has 1 aromatic heterocycles. The van der Waals surface area contributed by atoms with Crippen LogP contribution in [0, 0.1) is 0 Å².